The maximum Gasteiger partial charge on any atom is 0.120 e. The molecular weight excluding hydrogens is 216 g/mol. The first kappa shape index (κ1) is 12.2. The quantitative estimate of drug-likeness (QED) is 0.695. The lowest BCUT2D eigenvalue weighted by Gasteiger charge is -2.20. The van der Waals surface area contributed by atoms with Gasteiger partial charge in [0, 0.05) is 24.2 Å². The fourth-order valence-corrected chi connectivity index (χ4v) is 2.40. The molecule has 1 aromatic rings. The van der Waals surface area contributed by atoms with Crippen molar-refractivity contribution >= 4 is 0 Å². The summed E-state index contributed by atoms with van der Waals surface area (Å²) in [6.45, 7) is 4.15. The average molecular weight is 236 g/mol. The molecule has 0 aliphatic carbocycles. The Kier molecular flexibility index (Phi) is 3.54. The van der Waals surface area contributed by atoms with E-state index >= 15 is 0 Å². The summed E-state index contributed by atoms with van der Waals surface area (Å²) in [6, 6.07) is 5.14. The van der Waals surface area contributed by atoms with Gasteiger partial charge in [-0.3, -0.25) is 0 Å². The van der Waals surface area contributed by atoms with E-state index < -0.39 is 0 Å². The number of phenols is 2. The first-order valence-electron chi connectivity index (χ1n) is 6.02. The highest BCUT2D eigenvalue weighted by molar-refractivity contribution is 5.40. The molecule has 0 aromatic heterocycles. The molecule has 0 bridgehead atoms. The van der Waals surface area contributed by atoms with Gasteiger partial charge in [0.2, 0.25) is 0 Å². The van der Waals surface area contributed by atoms with Crippen LogP contribution in [0.1, 0.15) is 24.9 Å². The molecule has 1 aliphatic rings. The Morgan fingerprint density at radius 2 is 2.18 bits per heavy atom. The van der Waals surface area contributed by atoms with Gasteiger partial charge in [0.05, 0.1) is 0 Å². The van der Waals surface area contributed by atoms with Crippen LogP contribution in [0.5, 0.6) is 11.5 Å². The van der Waals surface area contributed by atoms with E-state index in [-0.39, 0.29) is 17.5 Å². The number of likely N-dealkylation sites (tertiary alicyclic amines) is 1. The third-order valence-electron chi connectivity index (χ3n) is 3.35. The summed E-state index contributed by atoms with van der Waals surface area (Å²) >= 11 is 0. The minimum absolute atomic E-state index is 0.0404. The molecule has 2 atom stereocenters. The molecule has 1 aromatic carbocycles. The molecule has 0 radical (unpaired) electrons. The van der Waals surface area contributed by atoms with E-state index in [1.165, 1.54) is 12.1 Å². The molecule has 2 unspecified atom stereocenters. The Balaban J connectivity index is 2.04. The number of rotatable bonds is 3. The van der Waals surface area contributed by atoms with Gasteiger partial charge in [-0.25, -0.2) is 0 Å². The van der Waals surface area contributed by atoms with Gasteiger partial charge >= 0.3 is 0 Å². The molecule has 17 heavy (non-hydrogen) atoms. The SMILES string of the molecule is CC(NC1CCN(C)C1)c1cc(O)ccc1O. The normalized spacial score (nSPS) is 22.8. The summed E-state index contributed by atoms with van der Waals surface area (Å²) in [5.41, 5.74) is 0.750. The van der Waals surface area contributed by atoms with E-state index in [1.807, 2.05) is 6.92 Å². The summed E-state index contributed by atoms with van der Waals surface area (Å²) in [4.78, 5) is 2.28. The predicted molar refractivity (Wildman–Crippen MR) is 67.2 cm³/mol. The zero-order chi connectivity index (χ0) is 12.4. The highest BCUT2D eigenvalue weighted by Gasteiger charge is 2.22. The van der Waals surface area contributed by atoms with E-state index in [9.17, 15) is 10.2 Å². The zero-order valence-electron chi connectivity index (χ0n) is 10.3. The van der Waals surface area contributed by atoms with E-state index in [1.54, 1.807) is 6.07 Å². The van der Waals surface area contributed by atoms with Crippen LogP contribution in [0.15, 0.2) is 18.2 Å². The minimum atomic E-state index is 0.0404. The van der Waals surface area contributed by atoms with Crippen molar-refractivity contribution in [2.45, 2.75) is 25.4 Å². The lowest BCUT2D eigenvalue weighted by Crippen LogP contribution is -2.33. The van der Waals surface area contributed by atoms with Gasteiger partial charge in [0.15, 0.2) is 0 Å². The lowest BCUT2D eigenvalue weighted by atomic mass is 10.1. The van der Waals surface area contributed by atoms with Crippen molar-refractivity contribution in [3.8, 4) is 11.5 Å². The molecule has 4 heteroatoms. The first-order chi connectivity index (χ1) is 8.06. The summed E-state index contributed by atoms with van der Waals surface area (Å²) < 4.78 is 0. The molecule has 3 N–H and O–H groups in total. The third-order valence-corrected chi connectivity index (χ3v) is 3.35. The van der Waals surface area contributed by atoms with Crippen LogP contribution >= 0.6 is 0 Å². The summed E-state index contributed by atoms with van der Waals surface area (Å²) in [5, 5.41) is 22.7. The van der Waals surface area contributed by atoms with Crippen molar-refractivity contribution in [1.82, 2.24) is 10.2 Å². The van der Waals surface area contributed by atoms with Crippen molar-refractivity contribution in [1.29, 1.82) is 0 Å². The van der Waals surface area contributed by atoms with Crippen LogP contribution in [0.25, 0.3) is 0 Å². The third kappa shape index (κ3) is 2.90. The van der Waals surface area contributed by atoms with Crippen LogP contribution in [0.3, 0.4) is 0 Å². The second-order valence-corrected chi connectivity index (χ2v) is 4.88. The highest BCUT2D eigenvalue weighted by Crippen LogP contribution is 2.28. The van der Waals surface area contributed by atoms with Crippen molar-refractivity contribution < 1.29 is 10.2 Å². The molecule has 1 saturated heterocycles. The molecule has 0 saturated carbocycles. The number of aromatic hydroxyl groups is 2. The fraction of sp³-hybridized carbons (Fsp3) is 0.538. The van der Waals surface area contributed by atoms with Crippen LogP contribution in [0.4, 0.5) is 0 Å². The van der Waals surface area contributed by atoms with Crippen LogP contribution in [-0.2, 0) is 0 Å². The molecule has 1 heterocycles. The van der Waals surface area contributed by atoms with Gasteiger partial charge in [-0.1, -0.05) is 0 Å². The van der Waals surface area contributed by atoms with E-state index in [0.717, 1.165) is 25.1 Å². The molecular formula is C13H20N2O2. The predicted octanol–water partition coefficient (Wildman–Crippen LogP) is 1.45. The number of benzene rings is 1. The van der Waals surface area contributed by atoms with Gasteiger partial charge in [0.1, 0.15) is 11.5 Å². The number of nitrogens with zero attached hydrogens (tertiary/aromatic N) is 1. The van der Waals surface area contributed by atoms with Crippen LogP contribution in [-0.4, -0.2) is 41.3 Å². The molecule has 0 spiro atoms. The molecule has 1 fully saturated rings. The number of phenolic OH excluding ortho intramolecular Hbond substituents is 2. The maximum atomic E-state index is 9.77. The highest BCUT2D eigenvalue weighted by atomic mass is 16.3. The molecule has 1 aliphatic heterocycles. The smallest absolute Gasteiger partial charge is 0.120 e. The van der Waals surface area contributed by atoms with Gasteiger partial charge < -0.3 is 20.4 Å². The second-order valence-electron chi connectivity index (χ2n) is 4.88. The minimum Gasteiger partial charge on any atom is -0.508 e. The van der Waals surface area contributed by atoms with Gasteiger partial charge in [-0.05, 0) is 45.1 Å². The number of hydrogen-bond acceptors (Lipinski definition) is 4. The van der Waals surface area contributed by atoms with E-state index in [4.69, 9.17) is 0 Å². The summed E-state index contributed by atoms with van der Waals surface area (Å²) in [5.74, 6) is 0.421. The average Bonchev–Trinajstić information content (AvgIpc) is 2.67. The maximum absolute atomic E-state index is 9.77. The molecule has 0 amide bonds. The van der Waals surface area contributed by atoms with Crippen molar-refractivity contribution in [2.24, 2.45) is 0 Å². The number of likely N-dealkylation sites (N-methyl/N-ethyl adjacent to an activating group) is 1. The Bertz CT molecular complexity index is 395. The summed E-state index contributed by atoms with van der Waals surface area (Å²) in [7, 11) is 2.11. The van der Waals surface area contributed by atoms with Crippen LogP contribution in [0.2, 0.25) is 0 Å². The van der Waals surface area contributed by atoms with E-state index in [2.05, 4.69) is 17.3 Å². The molecule has 4 nitrogen and oxygen atoms in total. The largest absolute Gasteiger partial charge is 0.508 e. The molecule has 94 valence electrons. The number of nitrogens with one attached hydrogen (secondary N) is 1. The Morgan fingerprint density at radius 1 is 1.41 bits per heavy atom. The Labute approximate surface area is 102 Å². The second kappa shape index (κ2) is 4.94. The Hall–Kier alpha value is -1.26. The van der Waals surface area contributed by atoms with Crippen molar-refractivity contribution in [2.75, 3.05) is 20.1 Å². The van der Waals surface area contributed by atoms with E-state index in [0.29, 0.717) is 6.04 Å². The topological polar surface area (TPSA) is 55.7 Å². The van der Waals surface area contributed by atoms with Crippen molar-refractivity contribution in [3.63, 3.8) is 0 Å². The van der Waals surface area contributed by atoms with Crippen LogP contribution < -0.4 is 5.32 Å². The standard InChI is InChI=1S/C13H20N2O2/c1-9(14-10-5-6-15(2)8-10)12-7-11(16)3-4-13(12)17/h3-4,7,9-10,14,16-17H,5-6,8H2,1-2H3. The molecule has 2 rings (SSSR count). The monoisotopic (exact) mass is 236 g/mol. The first-order valence-corrected chi connectivity index (χ1v) is 6.02. The summed E-state index contributed by atoms with van der Waals surface area (Å²) in [6.07, 6.45) is 1.13. The lowest BCUT2D eigenvalue weighted by molar-refractivity contribution is 0.382. The zero-order valence-corrected chi connectivity index (χ0v) is 10.3. The van der Waals surface area contributed by atoms with Gasteiger partial charge in [-0.15, -0.1) is 0 Å². The van der Waals surface area contributed by atoms with Crippen molar-refractivity contribution in [3.05, 3.63) is 23.8 Å². The number of hydrogen-bond donors (Lipinski definition) is 3. The van der Waals surface area contributed by atoms with Crippen LogP contribution in [0, 0.1) is 0 Å². The fourth-order valence-electron chi connectivity index (χ4n) is 2.40. The van der Waals surface area contributed by atoms with Gasteiger partial charge in [-0.2, -0.15) is 0 Å². The Morgan fingerprint density at radius 3 is 2.82 bits per heavy atom. The van der Waals surface area contributed by atoms with Gasteiger partial charge in [0.25, 0.3) is 0 Å².